The highest BCUT2D eigenvalue weighted by Crippen LogP contribution is 2.29. The molecule has 0 aliphatic carbocycles. The Hall–Kier alpha value is -2.24. The third-order valence-electron chi connectivity index (χ3n) is 3.99. The number of likely N-dealkylation sites (N-methyl/N-ethyl adjacent to an activating group) is 1. The summed E-state index contributed by atoms with van der Waals surface area (Å²) in [5, 5.41) is 3.32. The van der Waals surface area contributed by atoms with Crippen molar-refractivity contribution < 1.29 is 14.3 Å². The molecule has 0 aliphatic heterocycles. The first-order chi connectivity index (χ1) is 12.9. The van der Waals surface area contributed by atoms with Crippen LogP contribution in [0.2, 0.25) is 10.0 Å². The zero-order valence-corrected chi connectivity index (χ0v) is 16.8. The maximum Gasteiger partial charge on any atom is 0.260 e. The second-order valence-electron chi connectivity index (χ2n) is 5.84. The SMILES string of the molecule is CCc1ccc(OCC(=O)N(CC)CC(=O)Nc2c(Cl)cccc2Cl)cc1. The van der Waals surface area contributed by atoms with E-state index >= 15 is 0 Å². The van der Waals surface area contributed by atoms with Crippen LogP contribution in [0.15, 0.2) is 42.5 Å². The summed E-state index contributed by atoms with van der Waals surface area (Å²) in [5.74, 6) is -0.0473. The standard InChI is InChI=1S/C20H22Cl2N2O3/c1-3-14-8-10-15(11-9-14)27-13-19(26)24(4-2)12-18(25)23-20-16(21)6-5-7-17(20)22/h5-11H,3-4,12-13H2,1-2H3,(H,23,25). The van der Waals surface area contributed by atoms with E-state index in [9.17, 15) is 9.59 Å². The highest BCUT2D eigenvalue weighted by Gasteiger charge is 2.18. The number of ether oxygens (including phenoxy) is 1. The Morgan fingerprint density at radius 3 is 2.22 bits per heavy atom. The van der Waals surface area contributed by atoms with E-state index in [-0.39, 0.29) is 25.0 Å². The highest BCUT2D eigenvalue weighted by molar-refractivity contribution is 6.39. The molecule has 0 saturated carbocycles. The average Bonchev–Trinajstić information content (AvgIpc) is 2.67. The van der Waals surface area contributed by atoms with E-state index in [0.717, 1.165) is 6.42 Å². The van der Waals surface area contributed by atoms with Gasteiger partial charge >= 0.3 is 0 Å². The summed E-state index contributed by atoms with van der Waals surface area (Å²) >= 11 is 12.1. The molecule has 0 atom stereocenters. The smallest absolute Gasteiger partial charge is 0.260 e. The Balaban J connectivity index is 1.90. The van der Waals surface area contributed by atoms with Gasteiger partial charge in [0.2, 0.25) is 5.91 Å². The number of carbonyl (C=O) groups is 2. The number of nitrogens with zero attached hydrogens (tertiary/aromatic N) is 1. The van der Waals surface area contributed by atoms with Crippen LogP contribution in [0.1, 0.15) is 19.4 Å². The van der Waals surface area contributed by atoms with Gasteiger partial charge in [0, 0.05) is 6.54 Å². The van der Waals surface area contributed by atoms with Gasteiger partial charge in [0.25, 0.3) is 5.91 Å². The van der Waals surface area contributed by atoms with E-state index in [1.807, 2.05) is 24.3 Å². The lowest BCUT2D eigenvalue weighted by atomic mass is 10.2. The molecule has 2 aromatic carbocycles. The van der Waals surface area contributed by atoms with Crippen LogP contribution in [0.4, 0.5) is 5.69 Å². The minimum absolute atomic E-state index is 0.116. The van der Waals surface area contributed by atoms with Crippen LogP contribution in [0.3, 0.4) is 0 Å². The predicted octanol–water partition coefficient (Wildman–Crippen LogP) is 4.42. The number of para-hydroxylation sites is 1. The van der Waals surface area contributed by atoms with Crippen molar-refractivity contribution in [2.24, 2.45) is 0 Å². The number of hydrogen-bond acceptors (Lipinski definition) is 3. The van der Waals surface area contributed by atoms with E-state index in [0.29, 0.717) is 28.0 Å². The maximum absolute atomic E-state index is 12.4. The van der Waals surface area contributed by atoms with Crippen LogP contribution in [0.25, 0.3) is 0 Å². The molecule has 0 heterocycles. The second-order valence-corrected chi connectivity index (χ2v) is 6.65. The van der Waals surface area contributed by atoms with E-state index in [2.05, 4.69) is 12.2 Å². The van der Waals surface area contributed by atoms with Gasteiger partial charge in [0.15, 0.2) is 6.61 Å². The van der Waals surface area contributed by atoms with Gasteiger partial charge in [-0.05, 0) is 43.2 Å². The lowest BCUT2D eigenvalue weighted by molar-refractivity contribution is -0.136. The van der Waals surface area contributed by atoms with Crippen LogP contribution < -0.4 is 10.1 Å². The normalized spacial score (nSPS) is 10.4. The Kier molecular flexibility index (Phi) is 7.95. The summed E-state index contributed by atoms with van der Waals surface area (Å²) in [6.45, 7) is 3.98. The Labute approximate surface area is 169 Å². The molecule has 0 aromatic heterocycles. The molecule has 2 amide bonds. The van der Waals surface area contributed by atoms with Gasteiger partial charge in [0.05, 0.1) is 22.3 Å². The summed E-state index contributed by atoms with van der Waals surface area (Å²) in [6, 6.07) is 12.5. The molecule has 5 nitrogen and oxygen atoms in total. The first kappa shape index (κ1) is 21.1. The maximum atomic E-state index is 12.4. The zero-order chi connectivity index (χ0) is 19.8. The minimum Gasteiger partial charge on any atom is -0.484 e. The number of amides is 2. The quantitative estimate of drug-likeness (QED) is 0.702. The van der Waals surface area contributed by atoms with Crippen LogP contribution >= 0.6 is 23.2 Å². The Morgan fingerprint density at radius 1 is 1.04 bits per heavy atom. The van der Waals surface area contributed by atoms with Gasteiger partial charge in [-0.3, -0.25) is 9.59 Å². The van der Waals surface area contributed by atoms with Crippen LogP contribution in [-0.4, -0.2) is 36.4 Å². The number of nitrogens with one attached hydrogen (secondary N) is 1. The number of aryl methyl sites for hydroxylation is 1. The molecule has 0 unspecified atom stereocenters. The molecule has 2 aromatic rings. The zero-order valence-electron chi connectivity index (χ0n) is 15.3. The van der Waals surface area contributed by atoms with Crippen molar-refractivity contribution in [3.05, 3.63) is 58.1 Å². The molecule has 27 heavy (non-hydrogen) atoms. The lowest BCUT2D eigenvalue weighted by Gasteiger charge is -2.21. The third-order valence-corrected chi connectivity index (χ3v) is 4.62. The summed E-state index contributed by atoms with van der Waals surface area (Å²) < 4.78 is 5.52. The molecule has 0 fully saturated rings. The number of rotatable bonds is 8. The fourth-order valence-electron chi connectivity index (χ4n) is 2.40. The van der Waals surface area contributed by atoms with Crippen molar-refractivity contribution in [1.29, 1.82) is 0 Å². The minimum atomic E-state index is -0.382. The van der Waals surface area contributed by atoms with Crippen molar-refractivity contribution >= 4 is 40.7 Å². The Morgan fingerprint density at radius 2 is 1.67 bits per heavy atom. The van der Waals surface area contributed by atoms with Crippen LogP contribution in [0.5, 0.6) is 5.75 Å². The van der Waals surface area contributed by atoms with Crippen molar-refractivity contribution in [1.82, 2.24) is 4.90 Å². The monoisotopic (exact) mass is 408 g/mol. The molecule has 144 valence electrons. The molecular formula is C20H22Cl2N2O3. The first-order valence-corrected chi connectivity index (χ1v) is 9.43. The van der Waals surface area contributed by atoms with Crippen molar-refractivity contribution in [2.45, 2.75) is 20.3 Å². The molecule has 0 bridgehead atoms. The number of anilines is 1. The van der Waals surface area contributed by atoms with Crippen molar-refractivity contribution in [2.75, 3.05) is 25.0 Å². The van der Waals surface area contributed by atoms with Gasteiger partial charge in [-0.25, -0.2) is 0 Å². The molecule has 0 radical (unpaired) electrons. The largest absolute Gasteiger partial charge is 0.484 e. The van der Waals surface area contributed by atoms with Gasteiger partial charge in [0.1, 0.15) is 5.75 Å². The molecule has 1 N–H and O–H groups in total. The molecule has 7 heteroatoms. The average molecular weight is 409 g/mol. The number of benzene rings is 2. The Bertz CT molecular complexity index is 774. The van der Waals surface area contributed by atoms with E-state index in [1.54, 1.807) is 25.1 Å². The first-order valence-electron chi connectivity index (χ1n) is 8.68. The van der Waals surface area contributed by atoms with Crippen LogP contribution in [-0.2, 0) is 16.0 Å². The number of carbonyl (C=O) groups excluding carboxylic acids is 2. The van der Waals surface area contributed by atoms with Gasteiger partial charge in [-0.1, -0.05) is 48.3 Å². The van der Waals surface area contributed by atoms with E-state index in [1.165, 1.54) is 10.5 Å². The summed E-state index contributed by atoms with van der Waals surface area (Å²) in [7, 11) is 0. The van der Waals surface area contributed by atoms with E-state index < -0.39 is 0 Å². The summed E-state index contributed by atoms with van der Waals surface area (Å²) in [4.78, 5) is 26.0. The fraction of sp³-hybridized carbons (Fsp3) is 0.300. The second kappa shape index (κ2) is 10.2. The van der Waals surface area contributed by atoms with Crippen molar-refractivity contribution in [3.8, 4) is 5.75 Å². The molecule has 0 saturated heterocycles. The third kappa shape index (κ3) is 6.15. The molecule has 0 aliphatic rings. The summed E-state index contributed by atoms with van der Waals surface area (Å²) in [5.41, 5.74) is 1.53. The molecule has 0 spiro atoms. The lowest BCUT2D eigenvalue weighted by Crippen LogP contribution is -2.40. The summed E-state index contributed by atoms with van der Waals surface area (Å²) in [6.07, 6.45) is 0.938. The van der Waals surface area contributed by atoms with Gasteiger partial charge in [-0.15, -0.1) is 0 Å². The van der Waals surface area contributed by atoms with Crippen LogP contribution in [0, 0.1) is 0 Å². The number of halogens is 2. The highest BCUT2D eigenvalue weighted by atomic mass is 35.5. The van der Waals surface area contributed by atoms with Gasteiger partial charge in [-0.2, -0.15) is 0 Å². The van der Waals surface area contributed by atoms with E-state index in [4.69, 9.17) is 27.9 Å². The topological polar surface area (TPSA) is 58.6 Å². The molecular weight excluding hydrogens is 387 g/mol. The molecule has 2 rings (SSSR count). The fourth-order valence-corrected chi connectivity index (χ4v) is 2.90. The predicted molar refractivity (Wildman–Crippen MR) is 109 cm³/mol. The van der Waals surface area contributed by atoms with Crippen molar-refractivity contribution in [3.63, 3.8) is 0 Å². The number of hydrogen-bond donors (Lipinski definition) is 1. The van der Waals surface area contributed by atoms with Gasteiger partial charge < -0.3 is 15.0 Å².